The molecule has 17 heavy (non-hydrogen) atoms. The minimum atomic E-state index is 0.550. The first-order chi connectivity index (χ1) is 8.24. The summed E-state index contributed by atoms with van der Waals surface area (Å²) in [6, 6.07) is 3.88. The molecule has 2 N–H and O–H groups in total. The van der Waals surface area contributed by atoms with Crippen LogP contribution in [0.2, 0.25) is 0 Å². The molecule has 2 heterocycles. The van der Waals surface area contributed by atoms with Gasteiger partial charge in [-0.3, -0.25) is 0 Å². The Morgan fingerprint density at radius 2 is 2.24 bits per heavy atom. The first-order valence-electron chi connectivity index (χ1n) is 6.15. The van der Waals surface area contributed by atoms with Crippen molar-refractivity contribution in [2.45, 2.75) is 26.2 Å². The molecule has 1 saturated heterocycles. The Hall–Kier alpha value is -1.76. The summed E-state index contributed by atoms with van der Waals surface area (Å²) >= 11 is 0. The van der Waals surface area contributed by atoms with Crippen LogP contribution in [0, 0.1) is 17.2 Å². The summed E-state index contributed by atoms with van der Waals surface area (Å²) in [6.45, 7) is 4.22. The number of nitrogen functional groups attached to an aromatic ring is 1. The topological polar surface area (TPSA) is 65.9 Å². The van der Waals surface area contributed by atoms with Crippen molar-refractivity contribution < 1.29 is 0 Å². The number of hydrogen-bond acceptors (Lipinski definition) is 4. The Balaban J connectivity index is 2.16. The van der Waals surface area contributed by atoms with Crippen molar-refractivity contribution in [2.24, 2.45) is 5.92 Å². The van der Waals surface area contributed by atoms with E-state index in [4.69, 9.17) is 11.0 Å². The van der Waals surface area contributed by atoms with Gasteiger partial charge in [0.1, 0.15) is 11.9 Å². The van der Waals surface area contributed by atoms with E-state index in [2.05, 4.69) is 22.9 Å². The molecule has 4 nitrogen and oxygen atoms in total. The second-order valence-corrected chi connectivity index (χ2v) is 4.59. The van der Waals surface area contributed by atoms with E-state index in [0.717, 1.165) is 24.8 Å². The Morgan fingerprint density at radius 3 is 2.82 bits per heavy atom. The molecule has 1 fully saturated rings. The molecule has 0 radical (unpaired) electrons. The van der Waals surface area contributed by atoms with Gasteiger partial charge in [-0.1, -0.05) is 13.3 Å². The summed E-state index contributed by atoms with van der Waals surface area (Å²) in [4.78, 5) is 6.50. The van der Waals surface area contributed by atoms with Crippen molar-refractivity contribution >= 4 is 11.5 Å². The van der Waals surface area contributed by atoms with E-state index in [1.165, 1.54) is 19.3 Å². The largest absolute Gasteiger partial charge is 0.397 e. The van der Waals surface area contributed by atoms with Gasteiger partial charge in [0.15, 0.2) is 0 Å². The Kier molecular flexibility index (Phi) is 3.48. The highest BCUT2D eigenvalue weighted by Gasteiger charge is 2.20. The van der Waals surface area contributed by atoms with Crippen LogP contribution in [0.15, 0.2) is 12.3 Å². The number of hydrogen-bond donors (Lipinski definition) is 1. The molecule has 0 saturated carbocycles. The summed E-state index contributed by atoms with van der Waals surface area (Å²) in [5, 5.41) is 9.10. The molecule has 0 bridgehead atoms. The van der Waals surface area contributed by atoms with E-state index in [1.54, 1.807) is 12.3 Å². The van der Waals surface area contributed by atoms with Crippen LogP contribution in [0.25, 0.3) is 0 Å². The maximum Gasteiger partial charge on any atom is 0.146 e. The molecular formula is C13H18N4. The first kappa shape index (κ1) is 11.7. The second-order valence-electron chi connectivity index (χ2n) is 4.59. The van der Waals surface area contributed by atoms with Crippen LogP contribution < -0.4 is 10.6 Å². The third-order valence-electron chi connectivity index (χ3n) is 3.50. The van der Waals surface area contributed by atoms with E-state index in [9.17, 15) is 0 Å². The number of nitrogens with two attached hydrogens (primary N) is 1. The highest BCUT2D eigenvalue weighted by Crippen LogP contribution is 2.26. The summed E-state index contributed by atoms with van der Waals surface area (Å²) in [5.74, 6) is 1.61. The number of anilines is 2. The van der Waals surface area contributed by atoms with E-state index in [-0.39, 0.29) is 0 Å². The van der Waals surface area contributed by atoms with Crippen LogP contribution in [0.5, 0.6) is 0 Å². The number of nitrogens with zero attached hydrogens (tertiary/aromatic N) is 3. The molecule has 1 aromatic heterocycles. The van der Waals surface area contributed by atoms with Crippen LogP contribution >= 0.6 is 0 Å². The number of rotatable bonds is 2. The Bertz CT molecular complexity index is 428. The van der Waals surface area contributed by atoms with Gasteiger partial charge in [0.05, 0.1) is 17.4 Å². The molecule has 4 heteroatoms. The average molecular weight is 230 g/mol. The van der Waals surface area contributed by atoms with Crippen molar-refractivity contribution in [2.75, 3.05) is 23.7 Å². The minimum Gasteiger partial charge on any atom is -0.397 e. The molecule has 0 unspecified atom stereocenters. The highest BCUT2D eigenvalue weighted by atomic mass is 15.2. The van der Waals surface area contributed by atoms with Gasteiger partial charge in [0.2, 0.25) is 0 Å². The normalized spacial score (nSPS) is 16.8. The second kappa shape index (κ2) is 5.05. The SMILES string of the molecule is CCC1CCN(c2ncc(N)cc2C#N)CC1. The van der Waals surface area contributed by atoms with Gasteiger partial charge in [-0.25, -0.2) is 4.98 Å². The standard InChI is InChI=1S/C13H18N4/c1-2-10-3-5-17(6-4-10)13-11(8-14)7-12(15)9-16-13/h7,9-10H,2-6,15H2,1H3. The molecular weight excluding hydrogens is 212 g/mol. The van der Waals surface area contributed by atoms with Crippen molar-refractivity contribution in [3.8, 4) is 6.07 Å². The fraction of sp³-hybridized carbons (Fsp3) is 0.538. The number of nitriles is 1. The van der Waals surface area contributed by atoms with E-state index in [0.29, 0.717) is 11.3 Å². The minimum absolute atomic E-state index is 0.550. The predicted molar refractivity (Wildman–Crippen MR) is 68.6 cm³/mol. The van der Waals surface area contributed by atoms with Crippen molar-refractivity contribution in [1.29, 1.82) is 5.26 Å². The van der Waals surface area contributed by atoms with Gasteiger partial charge in [-0.2, -0.15) is 5.26 Å². The molecule has 0 aromatic carbocycles. The van der Waals surface area contributed by atoms with Gasteiger partial charge in [0, 0.05) is 13.1 Å². The van der Waals surface area contributed by atoms with E-state index >= 15 is 0 Å². The smallest absolute Gasteiger partial charge is 0.146 e. The lowest BCUT2D eigenvalue weighted by molar-refractivity contribution is 0.393. The summed E-state index contributed by atoms with van der Waals surface area (Å²) in [5.41, 5.74) is 6.78. The lowest BCUT2D eigenvalue weighted by Crippen LogP contribution is -2.34. The zero-order valence-corrected chi connectivity index (χ0v) is 10.2. The Labute approximate surface area is 102 Å². The van der Waals surface area contributed by atoms with Gasteiger partial charge in [-0.15, -0.1) is 0 Å². The van der Waals surface area contributed by atoms with Gasteiger partial charge >= 0.3 is 0 Å². The Morgan fingerprint density at radius 1 is 1.53 bits per heavy atom. The van der Waals surface area contributed by atoms with Crippen LogP contribution in [-0.2, 0) is 0 Å². The van der Waals surface area contributed by atoms with Crippen molar-refractivity contribution in [1.82, 2.24) is 4.98 Å². The van der Waals surface area contributed by atoms with E-state index < -0.39 is 0 Å². The fourth-order valence-corrected chi connectivity index (χ4v) is 2.36. The number of piperidine rings is 1. The van der Waals surface area contributed by atoms with Gasteiger partial charge in [0.25, 0.3) is 0 Å². The molecule has 1 aliphatic rings. The fourth-order valence-electron chi connectivity index (χ4n) is 2.36. The van der Waals surface area contributed by atoms with Crippen LogP contribution in [0.3, 0.4) is 0 Å². The van der Waals surface area contributed by atoms with Crippen LogP contribution in [0.4, 0.5) is 11.5 Å². The molecule has 1 aromatic rings. The zero-order valence-electron chi connectivity index (χ0n) is 10.2. The lowest BCUT2D eigenvalue weighted by atomic mass is 9.94. The predicted octanol–water partition coefficient (Wildman–Crippen LogP) is 2.16. The summed E-state index contributed by atoms with van der Waals surface area (Å²) < 4.78 is 0. The maximum absolute atomic E-state index is 9.10. The maximum atomic E-state index is 9.10. The third kappa shape index (κ3) is 2.50. The molecule has 2 rings (SSSR count). The molecule has 1 aliphatic heterocycles. The molecule has 0 atom stereocenters. The van der Waals surface area contributed by atoms with Gasteiger partial charge < -0.3 is 10.6 Å². The van der Waals surface area contributed by atoms with Crippen LogP contribution in [0.1, 0.15) is 31.7 Å². The molecule has 90 valence electrons. The summed E-state index contributed by atoms with van der Waals surface area (Å²) in [6.07, 6.45) is 5.25. The lowest BCUT2D eigenvalue weighted by Gasteiger charge is -2.32. The molecule has 0 aliphatic carbocycles. The van der Waals surface area contributed by atoms with Gasteiger partial charge in [-0.05, 0) is 24.8 Å². The quantitative estimate of drug-likeness (QED) is 0.845. The zero-order chi connectivity index (χ0) is 12.3. The first-order valence-corrected chi connectivity index (χ1v) is 6.15. The number of pyridine rings is 1. The monoisotopic (exact) mass is 230 g/mol. The molecule has 0 amide bonds. The summed E-state index contributed by atoms with van der Waals surface area (Å²) in [7, 11) is 0. The number of aromatic nitrogens is 1. The highest BCUT2D eigenvalue weighted by molar-refractivity contribution is 5.58. The van der Waals surface area contributed by atoms with Crippen LogP contribution in [-0.4, -0.2) is 18.1 Å². The third-order valence-corrected chi connectivity index (χ3v) is 3.50. The molecule has 0 spiro atoms. The average Bonchev–Trinajstić information content (AvgIpc) is 2.39. The van der Waals surface area contributed by atoms with E-state index in [1.807, 2.05) is 0 Å². The van der Waals surface area contributed by atoms with Crippen molar-refractivity contribution in [3.05, 3.63) is 17.8 Å². The van der Waals surface area contributed by atoms with Crippen molar-refractivity contribution in [3.63, 3.8) is 0 Å².